The third-order valence-electron chi connectivity index (χ3n) is 7.76. The summed E-state index contributed by atoms with van der Waals surface area (Å²) in [6.45, 7) is 4.45. The fraction of sp³-hybridized carbons (Fsp3) is 0.789. The lowest BCUT2D eigenvalue weighted by atomic mass is 9.46. The van der Waals surface area contributed by atoms with E-state index in [0.29, 0.717) is 24.7 Å². The van der Waals surface area contributed by atoms with Gasteiger partial charge in [-0.1, -0.05) is 24.6 Å². The van der Waals surface area contributed by atoms with Gasteiger partial charge in [-0.15, -0.1) is 0 Å². The lowest BCUT2D eigenvalue weighted by molar-refractivity contribution is -0.122. The van der Waals surface area contributed by atoms with Crippen molar-refractivity contribution in [2.75, 3.05) is 0 Å². The normalized spacial score (nSPS) is 51.0. The maximum absolute atomic E-state index is 11.8. The van der Waals surface area contributed by atoms with E-state index in [1.54, 1.807) is 0 Å². The fourth-order valence-electron chi connectivity index (χ4n) is 6.64. The second kappa shape index (κ2) is 4.92. The van der Waals surface area contributed by atoms with Crippen molar-refractivity contribution in [2.45, 2.75) is 64.9 Å². The Morgan fingerprint density at radius 2 is 1.96 bits per heavy atom. The van der Waals surface area contributed by atoms with Crippen molar-refractivity contribution in [1.29, 1.82) is 0 Å². The maximum atomic E-state index is 11.8. The summed E-state index contributed by atoms with van der Waals surface area (Å²) < 4.78 is 0. The number of carbonyl (C=O) groups excluding carboxylic acids is 1. The van der Waals surface area contributed by atoms with E-state index in [1.807, 2.05) is 6.08 Å². The van der Waals surface area contributed by atoms with Gasteiger partial charge in [-0.05, 0) is 67.8 Å². The molecule has 3 saturated carbocycles. The van der Waals surface area contributed by atoms with E-state index in [-0.39, 0.29) is 28.6 Å². The molecular formula is C19H27NO3. The van der Waals surface area contributed by atoms with Crippen LogP contribution in [0.3, 0.4) is 0 Å². The molecule has 4 rings (SSSR count). The molecule has 2 N–H and O–H groups in total. The van der Waals surface area contributed by atoms with Crippen LogP contribution in [0.15, 0.2) is 16.8 Å². The monoisotopic (exact) mass is 317 g/mol. The predicted octanol–water partition coefficient (Wildman–Crippen LogP) is 3.32. The first-order valence-corrected chi connectivity index (χ1v) is 9.03. The number of oxime groups is 1. The number of aliphatic hydroxyl groups excluding tert-OH is 1. The number of fused-ring (bicyclic) bond motifs is 5. The van der Waals surface area contributed by atoms with Crippen LogP contribution in [-0.4, -0.2) is 27.9 Å². The SMILES string of the molecule is CC12CCC(=O)C=C1CCC1C2C(O)CC2(C)/C(=N/O)CCC12. The lowest BCUT2D eigenvalue weighted by Gasteiger charge is -2.58. The Bertz CT molecular complexity index is 610. The van der Waals surface area contributed by atoms with Gasteiger partial charge in [0.2, 0.25) is 0 Å². The molecule has 0 spiro atoms. The Kier molecular flexibility index (Phi) is 3.29. The zero-order valence-corrected chi connectivity index (χ0v) is 14.1. The van der Waals surface area contributed by atoms with Gasteiger partial charge >= 0.3 is 0 Å². The molecule has 0 radical (unpaired) electrons. The van der Waals surface area contributed by atoms with Crippen molar-refractivity contribution >= 4 is 11.5 Å². The lowest BCUT2D eigenvalue weighted by Crippen LogP contribution is -2.56. The van der Waals surface area contributed by atoms with Gasteiger partial charge < -0.3 is 10.3 Å². The van der Waals surface area contributed by atoms with E-state index < -0.39 is 0 Å². The molecule has 0 heterocycles. The molecule has 0 aliphatic heterocycles. The van der Waals surface area contributed by atoms with Crippen LogP contribution in [0, 0.1) is 28.6 Å². The van der Waals surface area contributed by atoms with Gasteiger partial charge in [0, 0.05) is 11.8 Å². The van der Waals surface area contributed by atoms with Gasteiger partial charge in [-0.2, -0.15) is 0 Å². The summed E-state index contributed by atoms with van der Waals surface area (Å²) in [5, 5.41) is 24.0. The van der Waals surface area contributed by atoms with Crippen LogP contribution >= 0.6 is 0 Å². The van der Waals surface area contributed by atoms with E-state index in [1.165, 1.54) is 5.57 Å². The third kappa shape index (κ3) is 1.93. The van der Waals surface area contributed by atoms with Crippen LogP contribution in [0.1, 0.15) is 58.8 Å². The van der Waals surface area contributed by atoms with Gasteiger partial charge in [0.05, 0.1) is 11.8 Å². The molecule has 126 valence electrons. The summed E-state index contributed by atoms with van der Waals surface area (Å²) in [5.74, 6) is 1.46. The fourth-order valence-corrected chi connectivity index (χ4v) is 6.64. The number of hydrogen-bond donors (Lipinski definition) is 2. The second-order valence-corrected chi connectivity index (χ2v) is 8.66. The van der Waals surface area contributed by atoms with Crippen molar-refractivity contribution in [1.82, 2.24) is 0 Å². The van der Waals surface area contributed by atoms with Crippen LogP contribution in [0.5, 0.6) is 0 Å². The minimum Gasteiger partial charge on any atom is -0.411 e. The number of ketones is 1. The highest BCUT2D eigenvalue weighted by molar-refractivity contribution is 5.92. The van der Waals surface area contributed by atoms with Crippen molar-refractivity contribution in [3.63, 3.8) is 0 Å². The average molecular weight is 317 g/mol. The van der Waals surface area contributed by atoms with Crippen molar-refractivity contribution < 1.29 is 15.1 Å². The number of aliphatic hydroxyl groups is 1. The zero-order chi connectivity index (χ0) is 16.4. The van der Waals surface area contributed by atoms with Crippen molar-refractivity contribution in [2.24, 2.45) is 33.7 Å². The minimum absolute atomic E-state index is 0.0311. The van der Waals surface area contributed by atoms with Gasteiger partial charge in [0.1, 0.15) is 0 Å². The highest BCUT2D eigenvalue weighted by Crippen LogP contribution is 2.64. The number of nitrogens with zero attached hydrogens (tertiary/aromatic N) is 1. The molecule has 4 aliphatic carbocycles. The minimum atomic E-state index is -0.377. The molecule has 0 bridgehead atoms. The Hall–Kier alpha value is -1.16. The molecule has 3 fully saturated rings. The number of carbonyl (C=O) groups is 1. The Morgan fingerprint density at radius 3 is 2.70 bits per heavy atom. The maximum Gasteiger partial charge on any atom is 0.155 e. The first-order valence-electron chi connectivity index (χ1n) is 9.03. The van der Waals surface area contributed by atoms with Crippen molar-refractivity contribution in [3.8, 4) is 0 Å². The average Bonchev–Trinajstić information content (AvgIpc) is 2.83. The molecule has 0 aromatic heterocycles. The smallest absolute Gasteiger partial charge is 0.155 e. The third-order valence-corrected chi connectivity index (χ3v) is 7.76. The summed E-state index contributed by atoms with van der Waals surface area (Å²) in [7, 11) is 0. The summed E-state index contributed by atoms with van der Waals surface area (Å²) >= 11 is 0. The highest BCUT2D eigenvalue weighted by Gasteiger charge is 2.61. The van der Waals surface area contributed by atoms with Crippen LogP contribution < -0.4 is 0 Å². The van der Waals surface area contributed by atoms with Crippen LogP contribution in [-0.2, 0) is 4.79 Å². The molecule has 0 amide bonds. The van der Waals surface area contributed by atoms with E-state index >= 15 is 0 Å². The summed E-state index contributed by atoms with van der Waals surface area (Å²) in [6.07, 6.45) is 7.62. The molecule has 0 aromatic rings. The molecule has 4 heteroatoms. The molecule has 23 heavy (non-hydrogen) atoms. The molecule has 0 aromatic carbocycles. The molecule has 4 aliphatic rings. The zero-order valence-electron chi connectivity index (χ0n) is 14.1. The van der Waals surface area contributed by atoms with E-state index in [9.17, 15) is 15.1 Å². The topological polar surface area (TPSA) is 69.9 Å². The van der Waals surface area contributed by atoms with E-state index in [4.69, 9.17) is 0 Å². The number of allylic oxidation sites excluding steroid dienone is 1. The standard InChI is InChI=1S/C19H27NO3/c1-18-8-7-12(21)9-11(18)3-4-13-14-5-6-16(20-23)19(14,2)10-15(22)17(13)18/h9,13-15,17,22-23H,3-8,10H2,1-2H3/b20-16+. The van der Waals surface area contributed by atoms with Crippen LogP contribution in [0.4, 0.5) is 0 Å². The molecule has 4 nitrogen and oxygen atoms in total. The van der Waals surface area contributed by atoms with Gasteiger partial charge in [-0.3, -0.25) is 4.79 Å². The first kappa shape index (κ1) is 15.4. The second-order valence-electron chi connectivity index (χ2n) is 8.66. The van der Waals surface area contributed by atoms with E-state index in [2.05, 4.69) is 19.0 Å². The Labute approximate surface area is 137 Å². The summed E-state index contributed by atoms with van der Waals surface area (Å²) in [6, 6.07) is 0. The van der Waals surface area contributed by atoms with Crippen molar-refractivity contribution in [3.05, 3.63) is 11.6 Å². The number of rotatable bonds is 0. The first-order chi connectivity index (χ1) is 10.9. The predicted molar refractivity (Wildman–Crippen MR) is 87.3 cm³/mol. The van der Waals surface area contributed by atoms with Crippen LogP contribution in [0.25, 0.3) is 0 Å². The Balaban J connectivity index is 1.75. The summed E-state index contributed by atoms with van der Waals surface area (Å²) in [4.78, 5) is 11.8. The van der Waals surface area contributed by atoms with Gasteiger partial charge in [0.25, 0.3) is 0 Å². The molecule has 6 atom stereocenters. The quantitative estimate of drug-likeness (QED) is 0.532. The molecule has 6 unspecified atom stereocenters. The Morgan fingerprint density at radius 1 is 1.17 bits per heavy atom. The van der Waals surface area contributed by atoms with Gasteiger partial charge in [0.15, 0.2) is 5.78 Å². The molecular weight excluding hydrogens is 290 g/mol. The highest BCUT2D eigenvalue weighted by atomic mass is 16.4. The number of hydrogen-bond acceptors (Lipinski definition) is 4. The van der Waals surface area contributed by atoms with Gasteiger partial charge in [-0.25, -0.2) is 0 Å². The molecule has 0 saturated heterocycles. The summed E-state index contributed by atoms with van der Waals surface area (Å²) in [5.41, 5.74) is 1.96. The van der Waals surface area contributed by atoms with Crippen LogP contribution in [0.2, 0.25) is 0 Å². The largest absolute Gasteiger partial charge is 0.411 e. The van der Waals surface area contributed by atoms with E-state index in [0.717, 1.165) is 37.8 Å².